The lowest BCUT2D eigenvalue weighted by atomic mass is 10.1. The summed E-state index contributed by atoms with van der Waals surface area (Å²) in [4.78, 5) is 25.4. The molecule has 0 aliphatic rings. The van der Waals surface area contributed by atoms with Gasteiger partial charge in [0.2, 0.25) is 5.91 Å². The summed E-state index contributed by atoms with van der Waals surface area (Å²) in [6, 6.07) is 9.11. The van der Waals surface area contributed by atoms with Crippen LogP contribution in [0.4, 0.5) is 13.2 Å². The number of carbonyl (C=O) groups is 2. The van der Waals surface area contributed by atoms with E-state index in [0.717, 1.165) is 4.88 Å². The summed E-state index contributed by atoms with van der Waals surface area (Å²) in [5.41, 5.74) is 0.202. The summed E-state index contributed by atoms with van der Waals surface area (Å²) in [5.74, 6) is -0.905. The van der Waals surface area contributed by atoms with Crippen molar-refractivity contribution in [2.24, 2.45) is 0 Å². The number of hydrogen-bond donors (Lipinski definition) is 1. The molecule has 2 rings (SSSR count). The predicted octanol–water partition coefficient (Wildman–Crippen LogP) is 4.23. The van der Waals surface area contributed by atoms with Crippen molar-refractivity contribution in [3.63, 3.8) is 0 Å². The van der Waals surface area contributed by atoms with Crippen molar-refractivity contribution in [2.75, 3.05) is 0 Å². The first-order valence-corrected chi connectivity index (χ1v) is 8.26. The van der Waals surface area contributed by atoms with Crippen molar-refractivity contribution >= 4 is 23.0 Å². The van der Waals surface area contributed by atoms with Crippen LogP contribution in [-0.2, 0) is 11.3 Å². The zero-order chi connectivity index (χ0) is 18.4. The Morgan fingerprint density at radius 2 is 1.84 bits per heavy atom. The standard InChI is InChI=1S/C17H16F3NO3S/c1-11-6-8-15(25-11)13(22)7-9-16(23)21-10-12-4-2-3-5-14(12)24-17(18,19)20/h2-6,8H,7,9-10H2,1H3,(H,21,23). The highest BCUT2D eigenvalue weighted by Gasteiger charge is 2.31. The zero-order valence-electron chi connectivity index (χ0n) is 13.4. The molecule has 0 atom stereocenters. The van der Waals surface area contributed by atoms with E-state index < -0.39 is 12.3 Å². The molecule has 0 aliphatic carbocycles. The minimum atomic E-state index is -4.80. The van der Waals surface area contributed by atoms with E-state index in [4.69, 9.17) is 0 Å². The third-order valence-corrected chi connectivity index (χ3v) is 4.31. The number of hydrogen-bond acceptors (Lipinski definition) is 4. The SMILES string of the molecule is Cc1ccc(C(=O)CCC(=O)NCc2ccccc2OC(F)(F)F)s1. The first-order valence-electron chi connectivity index (χ1n) is 7.44. The van der Waals surface area contributed by atoms with Crippen LogP contribution < -0.4 is 10.1 Å². The van der Waals surface area contributed by atoms with Gasteiger partial charge in [0.25, 0.3) is 0 Å². The van der Waals surface area contributed by atoms with Crippen LogP contribution in [0.5, 0.6) is 5.75 Å². The molecule has 1 aromatic heterocycles. The molecule has 0 radical (unpaired) electrons. The topological polar surface area (TPSA) is 55.4 Å². The van der Waals surface area contributed by atoms with Crippen LogP contribution in [0.1, 0.15) is 33.0 Å². The van der Waals surface area contributed by atoms with E-state index in [0.29, 0.717) is 4.88 Å². The Kier molecular flexibility index (Phi) is 6.19. The van der Waals surface area contributed by atoms with E-state index in [9.17, 15) is 22.8 Å². The number of alkyl halides is 3. The molecule has 1 aromatic carbocycles. The average molecular weight is 371 g/mol. The number of amides is 1. The Hall–Kier alpha value is -2.35. The highest BCUT2D eigenvalue weighted by atomic mass is 32.1. The summed E-state index contributed by atoms with van der Waals surface area (Å²) in [6.45, 7) is 1.77. The molecule has 0 saturated heterocycles. The lowest BCUT2D eigenvalue weighted by Crippen LogP contribution is -2.24. The number of benzene rings is 1. The van der Waals surface area contributed by atoms with Gasteiger partial charge in [0, 0.05) is 29.8 Å². The molecule has 1 N–H and O–H groups in total. The van der Waals surface area contributed by atoms with E-state index in [-0.39, 0.29) is 36.5 Å². The molecule has 0 fully saturated rings. The monoisotopic (exact) mass is 371 g/mol. The number of nitrogens with one attached hydrogen (secondary N) is 1. The summed E-state index contributed by atoms with van der Waals surface area (Å²) in [6.07, 6.45) is -4.78. The maximum atomic E-state index is 12.3. The second-order valence-electron chi connectivity index (χ2n) is 5.27. The van der Waals surface area contributed by atoms with E-state index >= 15 is 0 Å². The summed E-state index contributed by atoms with van der Waals surface area (Å²) in [7, 11) is 0. The quantitative estimate of drug-likeness (QED) is 0.741. The third-order valence-electron chi connectivity index (χ3n) is 3.27. The average Bonchev–Trinajstić information content (AvgIpc) is 2.97. The van der Waals surface area contributed by atoms with Gasteiger partial charge in [-0.3, -0.25) is 9.59 Å². The molecule has 1 heterocycles. The molecule has 0 saturated carbocycles. The number of ketones is 1. The van der Waals surface area contributed by atoms with Gasteiger partial charge in [-0.15, -0.1) is 24.5 Å². The third kappa shape index (κ3) is 6.22. The Balaban J connectivity index is 1.85. The molecule has 2 aromatic rings. The first-order chi connectivity index (χ1) is 11.7. The molecule has 1 amide bonds. The van der Waals surface area contributed by atoms with Crippen molar-refractivity contribution in [3.05, 3.63) is 51.7 Å². The van der Waals surface area contributed by atoms with Gasteiger partial charge in [-0.05, 0) is 25.1 Å². The fraction of sp³-hybridized carbons (Fsp3) is 0.294. The van der Waals surface area contributed by atoms with Crippen molar-refractivity contribution < 1.29 is 27.5 Å². The van der Waals surface area contributed by atoms with E-state index in [1.165, 1.54) is 29.5 Å². The van der Waals surface area contributed by atoms with Crippen molar-refractivity contribution in [3.8, 4) is 5.75 Å². The second-order valence-corrected chi connectivity index (χ2v) is 6.55. The second kappa shape index (κ2) is 8.15. The van der Waals surface area contributed by atoms with Crippen LogP contribution >= 0.6 is 11.3 Å². The minimum Gasteiger partial charge on any atom is -0.405 e. The van der Waals surface area contributed by atoms with Gasteiger partial charge in [0.05, 0.1) is 4.88 Å². The molecule has 0 bridgehead atoms. The molecule has 25 heavy (non-hydrogen) atoms. The molecule has 0 aliphatic heterocycles. The van der Waals surface area contributed by atoms with Gasteiger partial charge in [0.1, 0.15) is 5.75 Å². The minimum absolute atomic E-state index is 0.0297. The van der Waals surface area contributed by atoms with Crippen LogP contribution in [0, 0.1) is 6.92 Å². The number of ether oxygens (including phenoxy) is 1. The number of para-hydroxylation sites is 1. The van der Waals surface area contributed by atoms with Crippen molar-refractivity contribution in [2.45, 2.75) is 32.7 Å². The smallest absolute Gasteiger partial charge is 0.405 e. The van der Waals surface area contributed by atoms with Gasteiger partial charge >= 0.3 is 6.36 Å². The molecule has 8 heteroatoms. The van der Waals surface area contributed by atoms with Crippen LogP contribution in [0.3, 0.4) is 0 Å². The molecule has 0 unspecified atom stereocenters. The lowest BCUT2D eigenvalue weighted by molar-refractivity contribution is -0.274. The number of rotatable bonds is 7. The Morgan fingerprint density at radius 1 is 1.12 bits per heavy atom. The maximum Gasteiger partial charge on any atom is 0.573 e. The number of aryl methyl sites for hydroxylation is 1. The van der Waals surface area contributed by atoms with E-state index in [1.54, 1.807) is 12.1 Å². The fourth-order valence-corrected chi connectivity index (χ4v) is 2.93. The highest BCUT2D eigenvalue weighted by Crippen LogP contribution is 2.26. The fourth-order valence-electron chi connectivity index (χ4n) is 2.09. The Bertz CT molecular complexity index is 756. The van der Waals surface area contributed by atoms with Gasteiger partial charge in [-0.2, -0.15) is 0 Å². The van der Waals surface area contributed by atoms with Gasteiger partial charge < -0.3 is 10.1 Å². The number of thiophene rings is 1. The van der Waals surface area contributed by atoms with Crippen LogP contribution in [0.2, 0.25) is 0 Å². The van der Waals surface area contributed by atoms with Crippen LogP contribution in [0.15, 0.2) is 36.4 Å². The highest BCUT2D eigenvalue weighted by molar-refractivity contribution is 7.14. The largest absolute Gasteiger partial charge is 0.573 e. The zero-order valence-corrected chi connectivity index (χ0v) is 14.2. The maximum absolute atomic E-state index is 12.3. The van der Waals surface area contributed by atoms with Crippen molar-refractivity contribution in [1.29, 1.82) is 0 Å². The number of Topliss-reactive ketones (excluding diaryl/α,β-unsaturated/α-hetero) is 1. The summed E-state index contributed by atoms with van der Waals surface area (Å²) >= 11 is 1.36. The van der Waals surface area contributed by atoms with E-state index in [2.05, 4.69) is 10.1 Å². The molecular formula is C17H16F3NO3S. The molecule has 134 valence electrons. The van der Waals surface area contributed by atoms with Gasteiger partial charge in [0.15, 0.2) is 5.78 Å². The Labute approximate surface area is 146 Å². The molecule has 4 nitrogen and oxygen atoms in total. The first kappa shape index (κ1) is 19.0. The Morgan fingerprint density at radius 3 is 2.48 bits per heavy atom. The van der Waals surface area contributed by atoms with Crippen molar-refractivity contribution in [1.82, 2.24) is 5.32 Å². The van der Waals surface area contributed by atoms with Gasteiger partial charge in [-0.1, -0.05) is 18.2 Å². The van der Waals surface area contributed by atoms with Crippen LogP contribution in [0.25, 0.3) is 0 Å². The molecular weight excluding hydrogens is 355 g/mol. The molecule has 0 spiro atoms. The number of halogens is 3. The van der Waals surface area contributed by atoms with E-state index in [1.807, 2.05) is 13.0 Å². The lowest BCUT2D eigenvalue weighted by Gasteiger charge is -2.13. The summed E-state index contributed by atoms with van der Waals surface area (Å²) < 4.78 is 41.0. The normalized spacial score (nSPS) is 11.2. The summed E-state index contributed by atoms with van der Waals surface area (Å²) in [5, 5.41) is 2.50. The predicted molar refractivity (Wildman–Crippen MR) is 87.6 cm³/mol. The number of carbonyl (C=O) groups excluding carboxylic acids is 2. The van der Waals surface area contributed by atoms with Gasteiger partial charge in [-0.25, -0.2) is 0 Å². The van der Waals surface area contributed by atoms with Crippen LogP contribution in [-0.4, -0.2) is 18.1 Å².